The largest absolute Gasteiger partial charge is 0.312 e. The van der Waals surface area contributed by atoms with Crippen molar-refractivity contribution >= 4 is 11.7 Å². The van der Waals surface area contributed by atoms with E-state index in [0.29, 0.717) is 6.42 Å². The van der Waals surface area contributed by atoms with Crippen molar-refractivity contribution < 1.29 is 4.79 Å². The van der Waals surface area contributed by atoms with Crippen molar-refractivity contribution in [2.45, 2.75) is 25.8 Å². The summed E-state index contributed by atoms with van der Waals surface area (Å²) in [5.41, 5.74) is 1.11. The Bertz CT molecular complexity index is 386. The number of nitrogens with zero attached hydrogens (tertiary/aromatic N) is 2. The molecule has 4 nitrogen and oxygen atoms in total. The standard InChI is InChI=1S/C11H13N3O/c1-2-9-11(15)14-10(13-9)7-8-3-5-12-6-4-8/h3-6,9H,2,7H2,1H3,(H,13,14,15). The lowest BCUT2D eigenvalue weighted by molar-refractivity contribution is -0.120. The van der Waals surface area contributed by atoms with E-state index in [2.05, 4.69) is 15.3 Å². The van der Waals surface area contributed by atoms with Gasteiger partial charge in [0.15, 0.2) is 0 Å². The Kier molecular flexibility index (Phi) is 2.76. The molecule has 1 atom stereocenters. The Morgan fingerprint density at radius 2 is 2.13 bits per heavy atom. The number of aromatic nitrogens is 1. The van der Waals surface area contributed by atoms with Crippen LogP contribution in [0, 0.1) is 0 Å². The average molecular weight is 203 g/mol. The molecule has 1 unspecified atom stereocenters. The summed E-state index contributed by atoms with van der Waals surface area (Å²) in [5, 5.41) is 2.79. The molecule has 0 aliphatic carbocycles. The summed E-state index contributed by atoms with van der Waals surface area (Å²) in [5.74, 6) is 0.777. The highest BCUT2D eigenvalue weighted by molar-refractivity contribution is 6.06. The van der Waals surface area contributed by atoms with Gasteiger partial charge in [0, 0.05) is 18.8 Å². The van der Waals surface area contributed by atoms with E-state index < -0.39 is 0 Å². The van der Waals surface area contributed by atoms with Crippen molar-refractivity contribution in [2.75, 3.05) is 0 Å². The number of amides is 1. The van der Waals surface area contributed by atoms with Crippen molar-refractivity contribution in [1.82, 2.24) is 10.3 Å². The molecule has 1 amide bonds. The van der Waals surface area contributed by atoms with Crippen LogP contribution in [0.25, 0.3) is 0 Å². The molecule has 2 heterocycles. The lowest BCUT2D eigenvalue weighted by Gasteiger charge is -1.99. The zero-order valence-electron chi connectivity index (χ0n) is 8.60. The van der Waals surface area contributed by atoms with Gasteiger partial charge in [-0.3, -0.25) is 14.8 Å². The fraction of sp³-hybridized carbons (Fsp3) is 0.364. The van der Waals surface area contributed by atoms with E-state index in [1.165, 1.54) is 0 Å². The summed E-state index contributed by atoms with van der Waals surface area (Å²) in [4.78, 5) is 19.6. The van der Waals surface area contributed by atoms with Crippen LogP contribution in [0.4, 0.5) is 0 Å². The average Bonchev–Trinajstić information content (AvgIpc) is 2.60. The highest BCUT2D eigenvalue weighted by Crippen LogP contribution is 2.07. The summed E-state index contributed by atoms with van der Waals surface area (Å²) in [6.07, 6.45) is 4.91. The van der Waals surface area contributed by atoms with E-state index in [1.807, 2.05) is 19.1 Å². The van der Waals surface area contributed by atoms with Gasteiger partial charge in [0.1, 0.15) is 11.9 Å². The molecule has 1 aromatic rings. The minimum Gasteiger partial charge on any atom is -0.312 e. The maximum absolute atomic E-state index is 11.4. The van der Waals surface area contributed by atoms with Crippen molar-refractivity contribution in [2.24, 2.45) is 4.99 Å². The highest BCUT2D eigenvalue weighted by Gasteiger charge is 2.23. The maximum atomic E-state index is 11.4. The van der Waals surface area contributed by atoms with Crippen LogP contribution in [-0.2, 0) is 11.2 Å². The molecule has 2 rings (SSSR count). The third kappa shape index (κ3) is 2.21. The van der Waals surface area contributed by atoms with E-state index in [-0.39, 0.29) is 11.9 Å². The molecule has 0 bridgehead atoms. The van der Waals surface area contributed by atoms with Gasteiger partial charge in [0.2, 0.25) is 5.91 Å². The van der Waals surface area contributed by atoms with Crippen molar-refractivity contribution in [3.8, 4) is 0 Å². The first-order valence-corrected chi connectivity index (χ1v) is 5.06. The molecule has 78 valence electrons. The molecule has 1 aromatic heterocycles. The van der Waals surface area contributed by atoms with E-state index >= 15 is 0 Å². The fourth-order valence-corrected chi connectivity index (χ4v) is 1.57. The SMILES string of the molecule is CCC1N=C(Cc2ccncc2)NC1=O. The predicted octanol–water partition coefficient (Wildman–Crippen LogP) is 0.931. The molecule has 4 heteroatoms. The van der Waals surface area contributed by atoms with Gasteiger partial charge in [0.05, 0.1) is 0 Å². The van der Waals surface area contributed by atoms with Crippen LogP contribution < -0.4 is 5.32 Å². The van der Waals surface area contributed by atoms with E-state index in [9.17, 15) is 4.79 Å². The molecule has 0 saturated heterocycles. The number of hydrogen-bond donors (Lipinski definition) is 1. The quantitative estimate of drug-likeness (QED) is 0.794. The third-order valence-corrected chi connectivity index (χ3v) is 2.39. The molecule has 1 aliphatic heterocycles. The number of hydrogen-bond acceptors (Lipinski definition) is 3. The van der Waals surface area contributed by atoms with Gasteiger partial charge >= 0.3 is 0 Å². The molecule has 0 spiro atoms. The van der Waals surface area contributed by atoms with Crippen LogP contribution in [0.2, 0.25) is 0 Å². The Hall–Kier alpha value is -1.71. The topological polar surface area (TPSA) is 54.4 Å². The normalized spacial score (nSPS) is 19.9. The van der Waals surface area contributed by atoms with Gasteiger partial charge in [0.25, 0.3) is 0 Å². The van der Waals surface area contributed by atoms with Crippen LogP contribution >= 0.6 is 0 Å². The summed E-state index contributed by atoms with van der Waals surface area (Å²) in [6.45, 7) is 1.96. The molecule has 0 fully saturated rings. The molecule has 15 heavy (non-hydrogen) atoms. The Morgan fingerprint density at radius 3 is 2.73 bits per heavy atom. The van der Waals surface area contributed by atoms with Gasteiger partial charge in [-0.1, -0.05) is 6.92 Å². The van der Waals surface area contributed by atoms with Crippen molar-refractivity contribution in [3.05, 3.63) is 30.1 Å². The van der Waals surface area contributed by atoms with Crippen LogP contribution in [0.15, 0.2) is 29.5 Å². The van der Waals surface area contributed by atoms with Crippen LogP contribution in [0.3, 0.4) is 0 Å². The molecule has 0 aromatic carbocycles. The van der Waals surface area contributed by atoms with Gasteiger partial charge in [-0.25, -0.2) is 0 Å². The van der Waals surface area contributed by atoms with Crippen molar-refractivity contribution in [1.29, 1.82) is 0 Å². The minimum atomic E-state index is -0.193. The number of carbonyl (C=O) groups is 1. The second-order valence-corrected chi connectivity index (χ2v) is 3.52. The van der Waals surface area contributed by atoms with E-state index in [0.717, 1.165) is 17.8 Å². The number of aliphatic imine (C=N–C) groups is 1. The highest BCUT2D eigenvalue weighted by atomic mass is 16.2. The Morgan fingerprint density at radius 1 is 1.40 bits per heavy atom. The van der Waals surface area contributed by atoms with Crippen molar-refractivity contribution in [3.63, 3.8) is 0 Å². The Labute approximate surface area is 88.4 Å². The lowest BCUT2D eigenvalue weighted by Crippen LogP contribution is -2.29. The van der Waals surface area contributed by atoms with Crippen LogP contribution in [0.5, 0.6) is 0 Å². The first kappa shape index (κ1) is 9.83. The van der Waals surface area contributed by atoms with Gasteiger partial charge in [-0.2, -0.15) is 0 Å². The Balaban J connectivity index is 2.06. The second-order valence-electron chi connectivity index (χ2n) is 3.52. The van der Waals surface area contributed by atoms with Gasteiger partial charge in [-0.05, 0) is 24.1 Å². The van der Waals surface area contributed by atoms with Crippen LogP contribution in [-0.4, -0.2) is 22.8 Å². The smallest absolute Gasteiger partial charge is 0.250 e. The molecular formula is C11H13N3O. The summed E-state index contributed by atoms with van der Waals surface area (Å²) < 4.78 is 0. The minimum absolute atomic E-state index is 0.0153. The number of amidine groups is 1. The summed E-state index contributed by atoms with van der Waals surface area (Å²) in [7, 11) is 0. The van der Waals surface area contributed by atoms with E-state index in [1.54, 1.807) is 12.4 Å². The van der Waals surface area contributed by atoms with Gasteiger partial charge < -0.3 is 5.32 Å². The molecule has 1 aliphatic rings. The van der Waals surface area contributed by atoms with E-state index in [4.69, 9.17) is 0 Å². The molecular weight excluding hydrogens is 190 g/mol. The number of rotatable bonds is 3. The zero-order chi connectivity index (χ0) is 10.7. The number of pyridine rings is 1. The number of carbonyl (C=O) groups excluding carboxylic acids is 1. The molecule has 0 radical (unpaired) electrons. The monoisotopic (exact) mass is 203 g/mol. The third-order valence-electron chi connectivity index (χ3n) is 2.39. The molecule has 1 N–H and O–H groups in total. The second kappa shape index (κ2) is 4.21. The predicted molar refractivity (Wildman–Crippen MR) is 57.6 cm³/mol. The van der Waals surface area contributed by atoms with Gasteiger partial charge in [-0.15, -0.1) is 0 Å². The first-order valence-electron chi connectivity index (χ1n) is 5.06. The number of nitrogens with one attached hydrogen (secondary N) is 1. The molecule has 0 saturated carbocycles. The summed E-state index contributed by atoms with van der Waals surface area (Å²) in [6, 6.07) is 3.66. The lowest BCUT2D eigenvalue weighted by atomic mass is 10.2. The van der Waals surface area contributed by atoms with Crippen LogP contribution in [0.1, 0.15) is 18.9 Å². The summed E-state index contributed by atoms with van der Waals surface area (Å²) >= 11 is 0. The first-order chi connectivity index (χ1) is 7.29. The fourth-order valence-electron chi connectivity index (χ4n) is 1.57. The zero-order valence-corrected chi connectivity index (χ0v) is 8.60. The maximum Gasteiger partial charge on any atom is 0.250 e.